The molecule has 2 heterocycles. The third-order valence-electron chi connectivity index (χ3n) is 6.70. The highest BCUT2D eigenvalue weighted by molar-refractivity contribution is 6.30. The summed E-state index contributed by atoms with van der Waals surface area (Å²) >= 11 is 6.03. The highest BCUT2D eigenvalue weighted by atomic mass is 35.5. The summed E-state index contributed by atoms with van der Waals surface area (Å²) in [5.74, 6) is 1.63. The first-order valence-electron chi connectivity index (χ1n) is 10.3. The van der Waals surface area contributed by atoms with Crippen LogP contribution in [0.1, 0.15) is 42.7 Å². The van der Waals surface area contributed by atoms with E-state index >= 15 is 0 Å². The van der Waals surface area contributed by atoms with Crippen molar-refractivity contribution in [2.75, 3.05) is 20.2 Å². The summed E-state index contributed by atoms with van der Waals surface area (Å²) in [4.78, 5) is 18.8. The molecule has 1 aliphatic carbocycles. The molecule has 1 amide bonds. The molecular formula is C24H25ClN2O2. The van der Waals surface area contributed by atoms with Gasteiger partial charge in [0.25, 0.3) is 0 Å². The third-order valence-corrected chi connectivity index (χ3v) is 6.95. The number of hydrogen-bond donors (Lipinski definition) is 1. The average Bonchev–Trinajstić information content (AvgIpc) is 3.47. The number of aromatic amines is 1. The standard InChI is InChI=1S/C24H25ClN2O2/c1-29-19-6-7-22-20(14-19)21(15-26-22)16-8-12-27(13-9-16)23(28)24(10-11-24)17-2-4-18(25)5-3-17/h2-7,14-16,26H,8-13H2,1H3. The van der Waals surface area contributed by atoms with Gasteiger partial charge >= 0.3 is 0 Å². The van der Waals surface area contributed by atoms with Gasteiger partial charge in [-0.15, -0.1) is 0 Å². The number of benzene rings is 2. The van der Waals surface area contributed by atoms with Crippen molar-refractivity contribution in [1.82, 2.24) is 9.88 Å². The van der Waals surface area contributed by atoms with E-state index in [-0.39, 0.29) is 5.41 Å². The van der Waals surface area contributed by atoms with E-state index in [1.807, 2.05) is 30.3 Å². The maximum Gasteiger partial charge on any atom is 0.233 e. The van der Waals surface area contributed by atoms with Gasteiger partial charge in [0.05, 0.1) is 12.5 Å². The fourth-order valence-corrected chi connectivity index (χ4v) is 4.93. The Labute approximate surface area is 175 Å². The van der Waals surface area contributed by atoms with E-state index < -0.39 is 0 Å². The van der Waals surface area contributed by atoms with Crippen molar-refractivity contribution in [2.24, 2.45) is 0 Å². The van der Waals surface area contributed by atoms with Crippen LogP contribution in [-0.2, 0) is 10.2 Å². The molecule has 2 aromatic carbocycles. The van der Waals surface area contributed by atoms with Crippen molar-refractivity contribution in [3.8, 4) is 5.75 Å². The van der Waals surface area contributed by atoms with E-state index in [4.69, 9.17) is 16.3 Å². The lowest BCUT2D eigenvalue weighted by Crippen LogP contribution is -2.43. The van der Waals surface area contributed by atoms with Gasteiger partial charge in [0.1, 0.15) is 5.75 Å². The molecule has 5 heteroatoms. The van der Waals surface area contributed by atoms with Crippen LogP contribution in [0.5, 0.6) is 5.75 Å². The molecule has 0 unspecified atom stereocenters. The Morgan fingerprint density at radius 3 is 2.52 bits per heavy atom. The molecule has 1 N–H and O–H groups in total. The number of fused-ring (bicyclic) bond motifs is 1. The molecule has 4 nitrogen and oxygen atoms in total. The zero-order valence-electron chi connectivity index (χ0n) is 16.6. The second kappa shape index (κ2) is 7.10. The van der Waals surface area contributed by atoms with E-state index in [1.54, 1.807) is 7.11 Å². The third kappa shape index (κ3) is 3.20. The normalized spacial score (nSPS) is 18.8. The Morgan fingerprint density at radius 2 is 1.86 bits per heavy atom. The van der Waals surface area contributed by atoms with Crippen LogP contribution in [0.2, 0.25) is 5.02 Å². The lowest BCUT2D eigenvalue weighted by Gasteiger charge is -2.34. The molecule has 5 rings (SSSR count). The SMILES string of the molecule is COc1ccc2[nH]cc(C3CCN(C(=O)C4(c5ccc(Cl)cc5)CC4)CC3)c2c1. The monoisotopic (exact) mass is 408 g/mol. The number of nitrogens with one attached hydrogen (secondary N) is 1. The Morgan fingerprint density at radius 1 is 1.14 bits per heavy atom. The molecule has 0 radical (unpaired) electrons. The van der Waals surface area contributed by atoms with E-state index in [2.05, 4.69) is 28.2 Å². The van der Waals surface area contributed by atoms with Crippen LogP contribution in [0.15, 0.2) is 48.7 Å². The van der Waals surface area contributed by atoms with Crippen molar-refractivity contribution in [3.63, 3.8) is 0 Å². The Bertz CT molecular complexity index is 1040. The number of carbonyl (C=O) groups is 1. The summed E-state index contributed by atoms with van der Waals surface area (Å²) in [5, 5.41) is 1.95. The predicted molar refractivity (Wildman–Crippen MR) is 116 cm³/mol. The van der Waals surface area contributed by atoms with E-state index in [0.717, 1.165) is 55.6 Å². The maximum atomic E-state index is 13.3. The highest BCUT2D eigenvalue weighted by Gasteiger charge is 2.53. The second-order valence-corrected chi connectivity index (χ2v) is 8.75. The fourth-order valence-electron chi connectivity index (χ4n) is 4.80. The summed E-state index contributed by atoms with van der Waals surface area (Å²) in [5.41, 5.74) is 3.27. The minimum Gasteiger partial charge on any atom is -0.497 e. The molecule has 1 aliphatic heterocycles. The molecule has 1 saturated carbocycles. The summed E-state index contributed by atoms with van der Waals surface area (Å²) < 4.78 is 5.40. The molecule has 2 fully saturated rings. The predicted octanol–water partition coefficient (Wildman–Crippen LogP) is 5.27. The number of carbonyl (C=O) groups excluding carboxylic acids is 1. The number of methoxy groups -OCH3 is 1. The number of nitrogens with zero attached hydrogens (tertiary/aromatic N) is 1. The van der Waals surface area contributed by atoms with Crippen LogP contribution in [0.3, 0.4) is 0 Å². The number of rotatable bonds is 4. The quantitative estimate of drug-likeness (QED) is 0.639. The number of hydrogen-bond acceptors (Lipinski definition) is 2. The van der Waals surface area contributed by atoms with Crippen molar-refractivity contribution < 1.29 is 9.53 Å². The Kier molecular flexibility index (Phi) is 4.54. The zero-order chi connectivity index (χ0) is 20.0. The first-order valence-corrected chi connectivity index (χ1v) is 10.7. The van der Waals surface area contributed by atoms with Crippen LogP contribution < -0.4 is 4.74 Å². The Balaban J connectivity index is 1.31. The van der Waals surface area contributed by atoms with Gasteiger partial charge in [-0.25, -0.2) is 0 Å². The lowest BCUT2D eigenvalue weighted by molar-refractivity contribution is -0.135. The number of halogens is 1. The van der Waals surface area contributed by atoms with E-state index in [9.17, 15) is 4.79 Å². The second-order valence-electron chi connectivity index (χ2n) is 8.31. The molecule has 150 valence electrons. The summed E-state index contributed by atoms with van der Waals surface area (Å²) in [6.07, 6.45) is 5.99. The minimum atomic E-state index is -0.314. The fraction of sp³-hybridized carbons (Fsp3) is 0.375. The number of aromatic nitrogens is 1. The molecule has 1 aromatic heterocycles. The largest absolute Gasteiger partial charge is 0.497 e. The number of ether oxygens (including phenoxy) is 1. The van der Waals surface area contributed by atoms with Gasteiger partial charge in [-0.2, -0.15) is 0 Å². The smallest absolute Gasteiger partial charge is 0.233 e. The first kappa shape index (κ1) is 18.6. The number of H-pyrrole nitrogens is 1. The molecule has 2 aliphatic rings. The van der Waals surface area contributed by atoms with Gasteiger partial charge in [-0.05, 0) is 73.1 Å². The average molecular weight is 409 g/mol. The Hall–Kier alpha value is -2.46. The molecule has 0 bridgehead atoms. The van der Waals surface area contributed by atoms with E-state index in [0.29, 0.717) is 16.8 Å². The van der Waals surface area contributed by atoms with Crippen LogP contribution in [-0.4, -0.2) is 36.0 Å². The zero-order valence-corrected chi connectivity index (χ0v) is 17.3. The minimum absolute atomic E-state index is 0.291. The van der Waals surface area contributed by atoms with Gasteiger partial charge in [-0.1, -0.05) is 23.7 Å². The molecule has 1 saturated heterocycles. The molecule has 29 heavy (non-hydrogen) atoms. The van der Waals surface area contributed by atoms with Crippen molar-refractivity contribution in [1.29, 1.82) is 0 Å². The topological polar surface area (TPSA) is 45.3 Å². The number of likely N-dealkylation sites (tertiary alicyclic amines) is 1. The number of piperidine rings is 1. The highest BCUT2D eigenvalue weighted by Crippen LogP contribution is 2.50. The van der Waals surface area contributed by atoms with Crippen LogP contribution in [0, 0.1) is 0 Å². The molecular weight excluding hydrogens is 384 g/mol. The van der Waals surface area contributed by atoms with Gasteiger partial charge in [-0.3, -0.25) is 4.79 Å². The molecule has 0 spiro atoms. The van der Waals surface area contributed by atoms with Gasteiger partial charge in [0.2, 0.25) is 5.91 Å². The molecule has 0 atom stereocenters. The summed E-state index contributed by atoms with van der Waals surface area (Å²) in [7, 11) is 1.70. The first-order chi connectivity index (χ1) is 14.1. The van der Waals surface area contributed by atoms with E-state index in [1.165, 1.54) is 10.9 Å². The molecule has 3 aromatic rings. The van der Waals surface area contributed by atoms with Gasteiger partial charge in [0, 0.05) is 35.2 Å². The lowest BCUT2D eigenvalue weighted by atomic mass is 9.87. The van der Waals surface area contributed by atoms with Crippen molar-refractivity contribution in [3.05, 3.63) is 64.8 Å². The van der Waals surface area contributed by atoms with Crippen LogP contribution in [0.4, 0.5) is 0 Å². The van der Waals surface area contributed by atoms with Crippen molar-refractivity contribution >= 4 is 28.4 Å². The summed E-state index contributed by atoms with van der Waals surface area (Å²) in [6.45, 7) is 1.63. The van der Waals surface area contributed by atoms with Gasteiger partial charge in [0.15, 0.2) is 0 Å². The van der Waals surface area contributed by atoms with Crippen LogP contribution in [0.25, 0.3) is 10.9 Å². The maximum absolute atomic E-state index is 13.3. The van der Waals surface area contributed by atoms with Gasteiger partial charge < -0.3 is 14.6 Å². The van der Waals surface area contributed by atoms with Crippen LogP contribution >= 0.6 is 11.6 Å². The summed E-state index contributed by atoms with van der Waals surface area (Å²) in [6, 6.07) is 14.0. The van der Waals surface area contributed by atoms with Crippen molar-refractivity contribution in [2.45, 2.75) is 37.0 Å². The number of amides is 1.